The Bertz CT molecular complexity index is 1050. The van der Waals surface area contributed by atoms with E-state index in [1.165, 1.54) is 24.3 Å². The van der Waals surface area contributed by atoms with E-state index in [1.807, 2.05) is 6.07 Å². The third kappa shape index (κ3) is 4.01. The van der Waals surface area contributed by atoms with E-state index in [2.05, 4.69) is 4.98 Å². The number of phenolic OH excluding ortho intramolecular Hbond substituents is 2. The number of aromatic nitrogens is 1. The highest BCUT2D eigenvalue weighted by Gasteiger charge is 2.09. The first-order chi connectivity index (χ1) is 12.4. The first-order valence-electron chi connectivity index (χ1n) is 7.66. The molecule has 1 heterocycles. The molecule has 0 radical (unpaired) electrons. The van der Waals surface area contributed by atoms with E-state index in [-0.39, 0.29) is 28.0 Å². The summed E-state index contributed by atoms with van der Waals surface area (Å²) >= 11 is 0.929. The van der Waals surface area contributed by atoms with Crippen LogP contribution < -0.4 is 4.87 Å². The third-order valence-electron chi connectivity index (χ3n) is 3.70. The highest BCUT2D eigenvalue weighted by Crippen LogP contribution is 2.25. The third-order valence-corrected chi connectivity index (χ3v) is 4.57. The molecule has 0 aliphatic carbocycles. The molecule has 0 aliphatic rings. The molecule has 7 heteroatoms. The van der Waals surface area contributed by atoms with Crippen molar-refractivity contribution >= 4 is 23.2 Å². The van der Waals surface area contributed by atoms with Gasteiger partial charge in [0.05, 0.1) is 4.88 Å². The molecule has 0 unspecified atom stereocenters. The fraction of sp³-hybridized carbons (Fsp3) is 0.0526. The summed E-state index contributed by atoms with van der Waals surface area (Å²) in [5.41, 5.74) is 1.83. The normalized spacial score (nSPS) is 11.1. The van der Waals surface area contributed by atoms with Crippen LogP contribution in [-0.2, 0) is 6.42 Å². The van der Waals surface area contributed by atoms with Crippen LogP contribution in [0.4, 0.5) is 0 Å². The molecule has 2 aromatic carbocycles. The van der Waals surface area contributed by atoms with E-state index in [0.717, 1.165) is 16.9 Å². The second kappa shape index (κ2) is 7.28. The average Bonchev–Trinajstić information content (AvgIpc) is 2.93. The van der Waals surface area contributed by atoms with Crippen LogP contribution in [0.15, 0.2) is 53.3 Å². The standard InChI is InChI=1S/C19H15NO5S/c21-14(6-4-11-5-7-15(22)16(23)9-11)13-3-1-2-12(8-13)10-17-18(24)20-19(25)26-17/h1-9,22-24H,10H2,(H,20,25). The Balaban J connectivity index is 1.77. The number of nitrogens with one attached hydrogen (secondary N) is 1. The summed E-state index contributed by atoms with van der Waals surface area (Å²) in [5, 5.41) is 28.4. The predicted octanol–water partition coefficient (Wildman–Crippen LogP) is 3.04. The summed E-state index contributed by atoms with van der Waals surface area (Å²) in [4.78, 5) is 26.1. The average molecular weight is 369 g/mol. The molecule has 3 aromatic rings. The van der Waals surface area contributed by atoms with Crippen LogP contribution >= 0.6 is 11.3 Å². The maximum Gasteiger partial charge on any atom is 0.307 e. The minimum Gasteiger partial charge on any atom is -0.504 e. The summed E-state index contributed by atoms with van der Waals surface area (Å²) in [6, 6.07) is 11.2. The highest BCUT2D eigenvalue weighted by molar-refractivity contribution is 7.09. The molecule has 4 N–H and O–H groups in total. The van der Waals surface area contributed by atoms with Gasteiger partial charge in [0.15, 0.2) is 17.3 Å². The van der Waals surface area contributed by atoms with Crippen molar-refractivity contribution in [1.29, 1.82) is 0 Å². The zero-order valence-electron chi connectivity index (χ0n) is 13.5. The smallest absolute Gasteiger partial charge is 0.307 e. The summed E-state index contributed by atoms with van der Waals surface area (Å²) < 4.78 is 0. The van der Waals surface area contributed by atoms with Gasteiger partial charge in [-0.3, -0.25) is 14.6 Å². The second-order valence-corrected chi connectivity index (χ2v) is 6.68. The number of aromatic amines is 1. The number of benzene rings is 2. The Morgan fingerprint density at radius 1 is 1.08 bits per heavy atom. The molecule has 0 atom stereocenters. The van der Waals surface area contributed by atoms with Crippen LogP contribution in [0.1, 0.15) is 26.4 Å². The number of phenols is 2. The van der Waals surface area contributed by atoms with E-state index in [0.29, 0.717) is 22.4 Å². The Morgan fingerprint density at radius 3 is 2.58 bits per heavy atom. The second-order valence-electron chi connectivity index (χ2n) is 5.61. The van der Waals surface area contributed by atoms with E-state index >= 15 is 0 Å². The van der Waals surface area contributed by atoms with Crippen molar-refractivity contribution in [2.24, 2.45) is 0 Å². The fourth-order valence-electron chi connectivity index (χ4n) is 2.40. The lowest BCUT2D eigenvalue weighted by molar-refractivity contribution is 0.104. The number of carbonyl (C=O) groups excluding carboxylic acids is 1. The Hall–Kier alpha value is -3.32. The van der Waals surface area contributed by atoms with Crippen molar-refractivity contribution in [1.82, 2.24) is 4.98 Å². The molecule has 26 heavy (non-hydrogen) atoms. The largest absolute Gasteiger partial charge is 0.504 e. The van der Waals surface area contributed by atoms with Gasteiger partial charge in [-0.2, -0.15) is 0 Å². The molecular formula is C19H15NO5S. The number of H-pyrrole nitrogens is 1. The summed E-state index contributed by atoms with van der Waals surface area (Å²) in [5.74, 6) is -0.863. The van der Waals surface area contributed by atoms with Gasteiger partial charge in [-0.25, -0.2) is 0 Å². The van der Waals surface area contributed by atoms with Crippen molar-refractivity contribution in [3.63, 3.8) is 0 Å². The first-order valence-corrected chi connectivity index (χ1v) is 8.48. The van der Waals surface area contributed by atoms with Gasteiger partial charge in [0.25, 0.3) is 0 Å². The lowest BCUT2D eigenvalue weighted by Crippen LogP contribution is -1.96. The fourth-order valence-corrected chi connectivity index (χ4v) is 3.16. The van der Waals surface area contributed by atoms with Crippen LogP contribution in [0.2, 0.25) is 0 Å². The first kappa shape index (κ1) is 17.5. The molecule has 0 spiro atoms. The monoisotopic (exact) mass is 369 g/mol. The molecule has 0 fully saturated rings. The predicted molar refractivity (Wildman–Crippen MR) is 99.0 cm³/mol. The van der Waals surface area contributed by atoms with E-state index in [9.17, 15) is 24.9 Å². The van der Waals surface area contributed by atoms with Crippen LogP contribution in [-0.4, -0.2) is 26.1 Å². The van der Waals surface area contributed by atoms with Crippen molar-refractivity contribution in [3.8, 4) is 17.4 Å². The summed E-state index contributed by atoms with van der Waals surface area (Å²) in [6.07, 6.45) is 3.25. The maximum absolute atomic E-state index is 12.3. The molecule has 0 bridgehead atoms. The van der Waals surface area contributed by atoms with Crippen LogP contribution in [0, 0.1) is 0 Å². The van der Waals surface area contributed by atoms with E-state index < -0.39 is 0 Å². The maximum atomic E-state index is 12.3. The van der Waals surface area contributed by atoms with Crippen LogP contribution in [0.25, 0.3) is 6.08 Å². The molecule has 6 nitrogen and oxygen atoms in total. The lowest BCUT2D eigenvalue weighted by Gasteiger charge is -2.02. The topological polar surface area (TPSA) is 111 Å². The Labute approximate surface area is 152 Å². The van der Waals surface area contributed by atoms with Crippen molar-refractivity contribution in [3.05, 3.63) is 79.8 Å². The number of ketones is 1. The van der Waals surface area contributed by atoms with Gasteiger partial charge in [-0.1, -0.05) is 41.7 Å². The number of thiazole rings is 1. The van der Waals surface area contributed by atoms with E-state index in [1.54, 1.807) is 24.3 Å². The van der Waals surface area contributed by atoms with Gasteiger partial charge in [-0.15, -0.1) is 0 Å². The van der Waals surface area contributed by atoms with Gasteiger partial charge in [0, 0.05) is 12.0 Å². The lowest BCUT2D eigenvalue weighted by atomic mass is 10.0. The molecule has 0 aliphatic heterocycles. The number of hydrogen-bond donors (Lipinski definition) is 4. The van der Waals surface area contributed by atoms with Crippen LogP contribution in [0.5, 0.6) is 17.4 Å². The van der Waals surface area contributed by atoms with Crippen molar-refractivity contribution < 1.29 is 20.1 Å². The molecule has 0 saturated carbocycles. The Kier molecular flexibility index (Phi) is 4.90. The zero-order chi connectivity index (χ0) is 18.7. The highest BCUT2D eigenvalue weighted by atomic mass is 32.1. The minimum absolute atomic E-state index is 0.149. The molecule has 1 aromatic heterocycles. The Morgan fingerprint density at radius 2 is 1.88 bits per heavy atom. The molecule has 132 valence electrons. The molecular weight excluding hydrogens is 354 g/mol. The number of allylic oxidation sites excluding steroid dienone is 1. The van der Waals surface area contributed by atoms with Gasteiger partial charge >= 0.3 is 4.87 Å². The number of aromatic hydroxyl groups is 3. The summed E-state index contributed by atoms with van der Waals surface area (Å²) in [6.45, 7) is 0. The van der Waals surface area contributed by atoms with Crippen LogP contribution in [0.3, 0.4) is 0 Å². The number of hydrogen-bond acceptors (Lipinski definition) is 6. The molecule has 0 saturated heterocycles. The van der Waals surface area contributed by atoms with Crippen molar-refractivity contribution in [2.75, 3.05) is 0 Å². The van der Waals surface area contributed by atoms with Gasteiger partial charge in [-0.05, 0) is 35.4 Å². The van der Waals surface area contributed by atoms with Crippen molar-refractivity contribution in [2.45, 2.75) is 6.42 Å². The summed E-state index contributed by atoms with van der Waals surface area (Å²) in [7, 11) is 0. The molecule has 3 rings (SSSR count). The van der Waals surface area contributed by atoms with Gasteiger partial charge < -0.3 is 15.3 Å². The quantitative estimate of drug-likeness (QED) is 0.314. The SMILES string of the molecule is O=C(C=Cc1ccc(O)c(O)c1)c1cccc(Cc2sc(=O)[nH]c2O)c1. The van der Waals surface area contributed by atoms with Gasteiger partial charge in [0.2, 0.25) is 5.88 Å². The van der Waals surface area contributed by atoms with Gasteiger partial charge in [0.1, 0.15) is 0 Å². The number of carbonyl (C=O) groups is 1. The number of rotatable bonds is 5. The zero-order valence-corrected chi connectivity index (χ0v) is 14.3. The van der Waals surface area contributed by atoms with E-state index in [4.69, 9.17) is 0 Å². The molecule has 0 amide bonds. The minimum atomic E-state index is -0.329.